The van der Waals surface area contributed by atoms with Gasteiger partial charge in [-0.2, -0.15) is 14.6 Å². The maximum atomic E-state index is 12.4. The highest BCUT2D eigenvalue weighted by atomic mass is 35.5. The molecule has 146 valence electrons. The van der Waals surface area contributed by atoms with E-state index in [-0.39, 0.29) is 18.4 Å². The standard InChI is InChI=1S/C17H13N9O2.ClH/c1-25-9-10-13(23-25)21-16(22-17(27)19-12-6-2-3-7-18-12)26-15(10)20-14(24-26)11-5-4-8-28-11;/h2-9H,1H3,(H2,18,19,21,22,23,27);1H. The molecule has 0 unspecified atom stereocenters. The quantitative estimate of drug-likeness (QED) is 0.467. The molecule has 0 aromatic carbocycles. The molecule has 0 aliphatic rings. The zero-order valence-electron chi connectivity index (χ0n) is 15.0. The Hall–Kier alpha value is -3.99. The molecule has 0 aliphatic carbocycles. The lowest BCUT2D eigenvalue weighted by Gasteiger charge is -2.07. The Labute approximate surface area is 169 Å². The first-order chi connectivity index (χ1) is 13.7. The van der Waals surface area contributed by atoms with Crippen molar-refractivity contribution in [1.29, 1.82) is 0 Å². The number of halogens is 1. The number of urea groups is 1. The van der Waals surface area contributed by atoms with E-state index in [9.17, 15) is 4.79 Å². The third-order valence-electron chi connectivity index (χ3n) is 3.94. The van der Waals surface area contributed by atoms with Crippen LogP contribution in [0.15, 0.2) is 53.4 Å². The Morgan fingerprint density at radius 3 is 2.76 bits per heavy atom. The molecular formula is C17H14ClN9O2. The Morgan fingerprint density at radius 1 is 1.10 bits per heavy atom. The summed E-state index contributed by atoms with van der Waals surface area (Å²) >= 11 is 0. The molecule has 0 spiro atoms. The van der Waals surface area contributed by atoms with E-state index in [2.05, 4.69) is 35.8 Å². The third kappa shape index (κ3) is 3.34. The summed E-state index contributed by atoms with van der Waals surface area (Å²) in [5, 5.41) is 14.7. The molecular weight excluding hydrogens is 398 g/mol. The highest BCUT2D eigenvalue weighted by Gasteiger charge is 2.19. The number of anilines is 2. The van der Waals surface area contributed by atoms with Gasteiger partial charge in [0.25, 0.3) is 0 Å². The predicted octanol–water partition coefficient (Wildman–Crippen LogP) is 2.73. The van der Waals surface area contributed by atoms with E-state index in [1.807, 2.05) is 0 Å². The molecule has 5 heterocycles. The summed E-state index contributed by atoms with van der Waals surface area (Å²) in [6.45, 7) is 0. The molecule has 0 bridgehead atoms. The third-order valence-corrected chi connectivity index (χ3v) is 3.94. The lowest BCUT2D eigenvalue weighted by molar-refractivity contribution is 0.262. The van der Waals surface area contributed by atoms with Gasteiger partial charge in [-0.25, -0.2) is 14.8 Å². The monoisotopic (exact) mass is 411 g/mol. The summed E-state index contributed by atoms with van der Waals surface area (Å²) in [7, 11) is 1.78. The second-order valence-corrected chi connectivity index (χ2v) is 5.92. The number of nitrogens with zero attached hydrogens (tertiary/aromatic N) is 7. The van der Waals surface area contributed by atoms with E-state index >= 15 is 0 Å². The summed E-state index contributed by atoms with van der Waals surface area (Å²) < 4.78 is 8.44. The highest BCUT2D eigenvalue weighted by Crippen LogP contribution is 2.23. The zero-order valence-corrected chi connectivity index (χ0v) is 15.8. The Kier molecular flexibility index (Phi) is 4.56. The first-order valence-electron chi connectivity index (χ1n) is 8.30. The van der Waals surface area contributed by atoms with Crippen molar-refractivity contribution >= 4 is 46.9 Å². The Morgan fingerprint density at radius 2 is 2.00 bits per heavy atom. The molecule has 0 fully saturated rings. The van der Waals surface area contributed by atoms with Gasteiger partial charge in [0.2, 0.25) is 11.8 Å². The largest absolute Gasteiger partial charge is 0.461 e. The summed E-state index contributed by atoms with van der Waals surface area (Å²) in [5.74, 6) is 1.45. The van der Waals surface area contributed by atoms with Crippen LogP contribution in [-0.2, 0) is 7.05 Å². The zero-order chi connectivity index (χ0) is 19.1. The fraction of sp³-hybridized carbons (Fsp3) is 0.0588. The van der Waals surface area contributed by atoms with Gasteiger partial charge in [-0.1, -0.05) is 6.07 Å². The van der Waals surface area contributed by atoms with E-state index in [0.717, 1.165) is 0 Å². The maximum Gasteiger partial charge on any atom is 0.327 e. The van der Waals surface area contributed by atoms with Gasteiger partial charge in [-0.05, 0) is 24.3 Å². The number of nitrogens with one attached hydrogen (secondary N) is 2. The fourth-order valence-electron chi connectivity index (χ4n) is 2.78. The van der Waals surface area contributed by atoms with E-state index in [4.69, 9.17) is 4.42 Å². The van der Waals surface area contributed by atoms with Gasteiger partial charge in [0, 0.05) is 19.4 Å². The number of pyridine rings is 1. The molecule has 0 saturated carbocycles. The van der Waals surface area contributed by atoms with Gasteiger partial charge in [0.1, 0.15) is 5.82 Å². The number of amides is 2. The molecule has 0 saturated heterocycles. The van der Waals surface area contributed by atoms with Gasteiger partial charge in [0.15, 0.2) is 17.1 Å². The van der Waals surface area contributed by atoms with Crippen LogP contribution in [0.25, 0.3) is 28.3 Å². The fourth-order valence-corrected chi connectivity index (χ4v) is 2.78. The number of furan rings is 1. The van der Waals surface area contributed by atoms with Crippen LogP contribution in [0.3, 0.4) is 0 Å². The average Bonchev–Trinajstić information content (AvgIpc) is 3.40. The van der Waals surface area contributed by atoms with Crippen LogP contribution in [0.1, 0.15) is 0 Å². The number of aromatic nitrogens is 7. The summed E-state index contributed by atoms with van der Waals surface area (Å²) in [5.41, 5.74) is 0.930. The van der Waals surface area contributed by atoms with Gasteiger partial charge in [0.05, 0.1) is 11.6 Å². The molecule has 5 aromatic heterocycles. The van der Waals surface area contributed by atoms with Crippen molar-refractivity contribution in [3.63, 3.8) is 0 Å². The molecule has 0 radical (unpaired) electrons. The normalized spacial score (nSPS) is 10.8. The molecule has 11 nitrogen and oxygen atoms in total. The van der Waals surface area contributed by atoms with Crippen molar-refractivity contribution in [2.75, 3.05) is 10.6 Å². The van der Waals surface area contributed by atoms with Crippen LogP contribution < -0.4 is 10.6 Å². The van der Waals surface area contributed by atoms with E-state index in [1.165, 1.54) is 4.52 Å². The van der Waals surface area contributed by atoms with Crippen molar-refractivity contribution in [2.24, 2.45) is 7.05 Å². The summed E-state index contributed by atoms with van der Waals surface area (Å²) in [6, 6.07) is 8.19. The van der Waals surface area contributed by atoms with Crippen molar-refractivity contribution < 1.29 is 9.21 Å². The second kappa shape index (κ2) is 7.20. The van der Waals surface area contributed by atoms with Crippen LogP contribution in [-0.4, -0.2) is 40.4 Å². The van der Waals surface area contributed by atoms with E-state index in [0.29, 0.717) is 34.1 Å². The second-order valence-electron chi connectivity index (χ2n) is 5.92. The predicted molar refractivity (Wildman–Crippen MR) is 107 cm³/mol. The van der Waals surface area contributed by atoms with E-state index < -0.39 is 6.03 Å². The number of hydrogen-bond donors (Lipinski definition) is 2. The van der Waals surface area contributed by atoms with Crippen LogP contribution in [0.5, 0.6) is 0 Å². The molecule has 29 heavy (non-hydrogen) atoms. The van der Waals surface area contributed by atoms with Crippen molar-refractivity contribution in [3.05, 3.63) is 49.0 Å². The van der Waals surface area contributed by atoms with Crippen LogP contribution >= 0.6 is 12.4 Å². The van der Waals surface area contributed by atoms with Crippen molar-refractivity contribution in [1.82, 2.24) is 34.3 Å². The van der Waals surface area contributed by atoms with Gasteiger partial charge < -0.3 is 4.42 Å². The molecule has 5 aromatic rings. The lowest BCUT2D eigenvalue weighted by atomic mass is 10.4. The number of fused-ring (bicyclic) bond motifs is 3. The Balaban J connectivity index is 0.00000205. The molecule has 2 amide bonds. The SMILES string of the molecule is Cl.Cn1cc2c(nc(NC(=O)Nc3ccccn3)n3nc(-c4ccco4)nc23)n1. The maximum absolute atomic E-state index is 12.4. The van der Waals surface area contributed by atoms with Crippen LogP contribution in [0, 0.1) is 0 Å². The Bertz CT molecular complexity index is 1300. The number of carbonyl (C=O) groups excluding carboxylic acids is 1. The van der Waals surface area contributed by atoms with Gasteiger partial charge in [-0.15, -0.1) is 17.5 Å². The number of rotatable bonds is 3. The molecule has 12 heteroatoms. The first-order valence-corrected chi connectivity index (χ1v) is 8.30. The van der Waals surface area contributed by atoms with E-state index in [1.54, 1.807) is 60.7 Å². The average molecular weight is 412 g/mol. The number of carbonyl (C=O) groups is 1. The molecule has 0 atom stereocenters. The molecule has 5 rings (SSSR count). The summed E-state index contributed by atoms with van der Waals surface area (Å²) in [4.78, 5) is 25.4. The van der Waals surface area contributed by atoms with Crippen molar-refractivity contribution in [3.8, 4) is 11.6 Å². The van der Waals surface area contributed by atoms with Gasteiger partial charge >= 0.3 is 6.03 Å². The van der Waals surface area contributed by atoms with Gasteiger partial charge in [-0.3, -0.25) is 15.3 Å². The molecule has 2 N–H and O–H groups in total. The molecule has 0 aliphatic heterocycles. The van der Waals surface area contributed by atoms with Crippen LogP contribution in [0.4, 0.5) is 16.6 Å². The topological polar surface area (TPSA) is 128 Å². The lowest BCUT2D eigenvalue weighted by Crippen LogP contribution is -2.22. The number of aryl methyl sites for hydroxylation is 1. The first kappa shape index (κ1) is 18.4. The number of hydrogen-bond acceptors (Lipinski definition) is 7. The van der Waals surface area contributed by atoms with Crippen molar-refractivity contribution in [2.45, 2.75) is 0 Å². The highest BCUT2D eigenvalue weighted by molar-refractivity contribution is 5.99. The minimum atomic E-state index is -0.516. The minimum Gasteiger partial charge on any atom is -0.461 e. The smallest absolute Gasteiger partial charge is 0.327 e. The summed E-state index contributed by atoms with van der Waals surface area (Å²) in [6.07, 6.45) is 4.91. The van der Waals surface area contributed by atoms with Crippen LogP contribution in [0.2, 0.25) is 0 Å². The minimum absolute atomic E-state index is 0.